The number of amides is 2. The molecule has 0 radical (unpaired) electrons. The highest BCUT2D eigenvalue weighted by Gasteiger charge is 2.23. The van der Waals surface area contributed by atoms with E-state index in [0.29, 0.717) is 18.0 Å². The Morgan fingerprint density at radius 3 is 2.74 bits per heavy atom. The SMILES string of the molecule is CCC(=O)Nc1nc2c(s1)CC(NC(=O)CC)CC2. The maximum absolute atomic E-state index is 11.4. The molecule has 0 saturated carbocycles. The van der Waals surface area contributed by atoms with Gasteiger partial charge < -0.3 is 10.6 Å². The van der Waals surface area contributed by atoms with E-state index in [0.717, 1.165) is 25.0 Å². The van der Waals surface area contributed by atoms with Crippen LogP contribution in [0.2, 0.25) is 0 Å². The molecule has 1 aliphatic rings. The normalized spacial score (nSPS) is 17.7. The van der Waals surface area contributed by atoms with Crippen LogP contribution in [0.3, 0.4) is 0 Å². The van der Waals surface area contributed by atoms with Crippen molar-refractivity contribution < 1.29 is 9.59 Å². The number of nitrogens with one attached hydrogen (secondary N) is 2. The van der Waals surface area contributed by atoms with Crippen LogP contribution in [0, 0.1) is 0 Å². The summed E-state index contributed by atoms with van der Waals surface area (Å²) < 4.78 is 0. The van der Waals surface area contributed by atoms with Gasteiger partial charge in [-0.15, -0.1) is 11.3 Å². The van der Waals surface area contributed by atoms with E-state index >= 15 is 0 Å². The molecule has 6 heteroatoms. The fourth-order valence-electron chi connectivity index (χ4n) is 2.09. The molecule has 1 atom stereocenters. The van der Waals surface area contributed by atoms with Crippen LogP contribution in [-0.2, 0) is 22.4 Å². The largest absolute Gasteiger partial charge is 0.353 e. The molecule has 0 spiro atoms. The Bertz CT molecular complexity index is 484. The lowest BCUT2D eigenvalue weighted by Gasteiger charge is -2.21. The monoisotopic (exact) mass is 281 g/mol. The molecule has 19 heavy (non-hydrogen) atoms. The van der Waals surface area contributed by atoms with Crippen LogP contribution in [0.1, 0.15) is 43.7 Å². The third kappa shape index (κ3) is 3.53. The van der Waals surface area contributed by atoms with Gasteiger partial charge in [0.25, 0.3) is 0 Å². The van der Waals surface area contributed by atoms with Gasteiger partial charge in [-0.1, -0.05) is 13.8 Å². The summed E-state index contributed by atoms with van der Waals surface area (Å²) >= 11 is 1.52. The molecule has 1 aromatic heterocycles. The van der Waals surface area contributed by atoms with Crippen LogP contribution in [0.5, 0.6) is 0 Å². The third-order valence-electron chi connectivity index (χ3n) is 3.19. The van der Waals surface area contributed by atoms with Gasteiger partial charge in [-0.25, -0.2) is 4.98 Å². The first-order valence-corrected chi connectivity index (χ1v) is 7.51. The minimum absolute atomic E-state index is 0.0121. The number of fused-ring (bicyclic) bond motifs is 1. The van der Waals surface area contributed by atoms with Crippen molar-refractivity contribution >= 4 is 28.3 Å². The zero-order valence-electron chi connectivity index (χ0n) is 11.3. The van der Waals surface area contributed by atoms with Crippen molar-refractivity contribution in [2.24, 2.45) is 0 Å². The topological polar surface area (TPSA) is 71.1 Å². The van der Waals surface area contributed by atoms with Crippen molar-refractivity contribution in [1.29, 1.82) is 0 Å². The molecule has 104 valence electrons. The van der Waals surface area contributed by atoms with Crippen molar-refractivity contribution in [3.05, 3.63) is 10.6 Å². The van der Waals surface area contributed by atoms with E-state index in [4.69, 9.17) is 0 Å². The zero-order chi connectivity index (χ0) is 13.8. The predicted molar refractivity (Wildman–Crippen MR) is 75.3 cm³/mol. The van der Waals surface area contributed by atoms with Crippen molar-refractivity contribution in [3.63, 3.8) is 0 Å². The quantitative estimate of drug-likeness (QED) is 0.885. The Morgan fingerprint density at radius 1 is 1.32 bits per heavy atom. The van der Waals surface area contributed by atoms with E-state index in [1.165, 1.54) is 16.2 Å². The molecule has 2 rings (SSSR count). The van der Waals surface area contributed by atoms with Gasteiger partial charge in [0, 0.05) is 30.2 Å². The number of carbonyl (C=O) groups excluding carboxylic acids is 2. The number of aromatic nitrogens is 1. The van der Waals surface area contributed by atoms with Crippen molar-refractivity contribution in [2.45, 2.75) is 52.0 Å². The second-order valence-electron chi connectivity index (χ2n) is 4.65. The molecule has 2 N–H and O–H groups in total. The van der Waals surface area contributed by atoms with Crippen LogP contribution < -0.4 is 10.6 Å². The lowest BCUT2D eigenvalue weighted by Crippen LogP contribution is -2.38. The van der Waals surface area contributed by atoms with Gasteiger partial charge >= 0.3 is 0 Å². The predicted octanol–water partition coefficient (Wildman–Crippen LogP) is 1.88. The second-order valence-corrected chi connectivity index (χ2v) is 5.74. The van der Waals surface area contributed by atoms with Crippen LogP contribution in [0.25, 0.3) is 0 Å². The maximum Gasteiger partial charge on any atom is 0.225 e. The summed E-state index contributed by atoms with van der Waals surface area (Å²) in [5, 5.41) is 6.50. The minimum Gasteiger partial charge on any atom is -0.353 e. The highest BCUT2D eigenvalue weighted by molar-refractivity contribution is 7.15. The number of thiazole rings is 1. The molecule has 1 aromatic rings. The average Bonchev–Trinajstić information content (AvgIpc) is 2.79. The number of rotatable bonds is 4. The summed E-state index contributed by atoms with van der Waals surface area (Å²) in [5.74, 6) is 0.0828. The smallest absolute Gasteiger partial charge is 0.225 e. The van der Waals surface area contributed by atoms with Crippen LogP contribution in [-0.4, -0.2) is 22.8 Å². The summed E-state index contributed by atoms with van der Waals surface area (Å²) in [7, 11) is 0. The number of nitrogens with zero attached hydrogens (tertiary/aromatic N) is 1. The van der Waals surface area contributed by atoms with E-state index in [9.17, 15) is 9.59 Å². The molecule has 2 amide bonds. The molecule has 1 heterocycles. The van der Waals surface area contributed by atoms with E-state index in [1.807, 2.05) is 13.8 Å². The fraction of sp³-hybridized carbons (Fsp3) is 0.615. The number of aryl methyl sites for hydroxylation is 1. The average molecular weight is 281 g/mol. The number of hydrogen-bond acceptors (Lipinski definition) is 4. The second kappa shape index (κ2) is 6.14. The molecule has 0 bridgehead atoms. The maximum atomic E-state index is 11.4. The van der Waals surface area contributed by atoms with Gasteiger partial charge in [0.15, 0.2) is 5.13 Å². The van der Waals surface area contributed by atoms with E-state index in [-0.39, 0.29) is 17.9 Å². The number of carbonyl (C=O) groups is 2. The van der Waals surface area contributed by atoms with Gasteiger partial charge in [0.2, 0.25) is 11.8 Å². The van der Waals surface area contributed by atoms with Crippen LogP contribution >= 0.6 is 11.3 Å². The van der Waals surface area contributed by atoms with Gasteiger partial charge in [-0.3, -0.25) is 9.59 Å². The van der Waals surface area contributed by atoms with E-state index in [2.05, 4.69) is 15.6 Å². The Kier molecular flexibility index (Phi) is 4.52. The highest BCUT2D eigenvalue weighted by atomic mass is 32.1. The zero-order valence-corrected chi connectivity index (χ0v) is 12.1. The molecule has 0 saturated heterocycles. The first-order chi connectivity index (χ1) is 9.12. The van der Waals surface area contributed by atoms with Gasteiger partial charge in [-0.2, -0.15) is 0 Å². The molecular formula is C13H19N3O2S. The molecular weight excluding hydrogens is 262 g/mol. The Labute approximate surface area is 116 Å². The Hall–Kier alpha value is -1.43. The van der Waals surface area contributed by atoms with Gasteiger partial charge in [-0.05, 0) is 12.8 Å². The van der Waals surface area contributed by atoms with Crippen molar-refractivity contribution in [3.8, 4) is 0 Å². The summed E-state index contributed by atoms with van der Waals surface area (Å²) in [6.45, 7) is 3.67. The number of anilines is 1. The molecule has 0 aliphatic heterocycles. The third-order valence-corrected chi connectivity index (χ3v) is 4.23. The first kappa shape index (κ1) is 14.0. The van der Waals surface area contributed by atoms with Gasteiger partial charge in [0.05, 0.1) is 5.69 Å². The van der Waals surface area contributed by atoms with Crippen molar-refractivity contribution in [1.82, 2.24) is 10.3 Å². The van der Waals surface area contributed by atoms with Crippen LogP contribution in [0.15, 0.2) is 0 Å². The minimum atomic E-state index is -0.0121. The van der Waals surface area contributed by atoms with Crippen molar-refractivity contribution in [2.75, 3.05) is 5.32 Å². The molecule has 0 fully saturated rings. The Morgan fingerprint density at radius 2 is 2.05 bits per heavy atom. The number of hydrogen-bond donors (Lipinski definition) is 2. The summed E-state index contributed by atoms with van der Waals surface area (Å²) in [4.78, 5) is 28.4. The standard InChI is InChI=1S/C13H19N3O2S/c1-3-11(17)14-8-5-6-9-10(7-8)19-13(15-9)16-12(18)4-2/h8H,3-7H2,1-2H3,(H,14,17)(H,15,16,18). The summed E-state index contributed by atoms with van der Waals surface area (Å²) in [5.41, 5.74) is 1.07. The fourth-order valence-corrected chi connectivity index (χ4v) is 3.19. The lowest BCUT2D eigenvalue weighted by atomic mass is 9.97. The lowest BCUT2D eigenvalue weighted by molar-refractivity contribution is -0.121. The van der Waals surface area contributed by atoms with Crippen LogP contribution in [0.4, 0.5) is 5.13 Å². The summed E-state index contributed by atoms with van der Waals surface area (Å²) in [6, 6.07) is 0.204. The Balaban J connectivity index is 2.00. The van der Waals surface area contributed by atoms with Gasteiger partial charge in [0.1, 0.15) is 0 Å². The molecule has 0 aromatic carbocycles. The highest BCUT2D eigenvalue weighted by Crippen LogP contribution is 2.29. The molecule has 1 unspecified atom stereocenters. The first-order valence-electron chi connectivity index (χ1n) is 6.70. The van der Waals surface area contributed by atoms with E-state index < -0.39 is 0 Å². The molecule has 5 nitrogen and oxygen atoms in total. The molecule has 1 aliphatic carbocycles. The summed E-state index contributed by atoms with van der Waals surface area (Å²) in [6.07, 6.45) is 3.58. The van der Waals surface area contributed by atoms with E-state index in [1.54, 1.807) is 0 Å².